The summed E-state index contributed by atoms with van der Waals surface area (Å²) in [6.45, 7) is -0.416. The Balaban J connectivity index is 1.81. The summed E-state index contributed by atoms with van der Waals surface area (Å²) < 4.78 is 15.7. The van der Waals surface area contributed by atoms with E-state index in [9.17, 15) is 9.59 Å². The molecule has 0 unspecified atom stereocenters. The Morgan fingerprint density at radius 1 is 1.31 bits per heavy atom. The van der Waals surface area contributed by atoms with Crippen LogP contribution in [0, 0.1) is 0 Å². The van der Waals surface area contributed by atoms with E-state index in [1.807, 2.05) is 0 Å². The number of hydrogen-bond acceptors (Lipinski definition) is 7. The molecule has 2 amide bonds. The number of fused-ring (bicyclic) bond motifs is 1. The zero-order valence-corrected chi connectivity index (χ0v) is 14.3. The van der Waals surface area contributed by atoms with Crippen LogP contribution < -0.4 is 30.2 Å². The lowest BCUT2D eigenvalue weighted by Crippen LogP contribution is -2.44. The highest BCUT2D eigenvalue weighted by Gasteiger charge is 2.29. The molecule has 9 nitrogen and oxygen atoms in total. The highest BCUT2D eigenvalue weighted by Crippen LogP contribution is 2.31. The molecule has 3 rings (SSSR count). The van der Waals surface area contributed by atoms with Gasteiger partial charge in [0.2, 0.25) is 5.91 Å². The van der Waals surface area contributed by atoms with Gasteiger partial charge in [0.05, 0.1) is 19.9 Å². The van der Waals surface area contributed by atoms with E-state index in [4.69, 9.17) is 19.9 Å². The Labute approximate surface area is 149 Å². The summed E-state index contributed by atoms with van der Waals surface area (Å²) in [6, 6.07) is 8.19. The molecule has 0 spiro atoms. The van der Waals surface area contributed by atoms with Crippen molar-refractivity contribution in [3.63, 3.8) is 0 Å². The number of pyridine rings is 1. The monoisotopic (exact) mass is 358 g/mol. The number of hydrogen-bond donors (Lipinski definition) is 2. The smallest absolute Gasteiger partial charge is 0.266 e. The predicted octanol–water partition coefficient (Wildman–Crippen LogP) is 1.05. The van der Waals surface area contributed by atoms with E-state index in [2.05, 4.69) is 10.3 Å². The van der Waals surface area contributed by atoms with E-state index in [0.717, 1.165) is 0 Å². The molecule has 1 aliphatic rings. The molecule has 3 N–H and O–H groups in total. The second-order valence-electron chi connectivity index (χ2n) is 5.44. The van der Waals surface area contributed by atoms with Crippen LogP contribution in [0.2, 0.25) is 0 Å². The fourth-order valence-electron chi connectivity index (χ4n) is 2.50. The summed E-state index contributed by atoms with van der Waals surface area (Å²) in [5.41, 5.74) is 6.11. The fraction of sp³-hybridized carbons (Fsp3) is 0.235. The maximum atomic E-state index is 12.5. The number of rotatable bonds is 5. The highest BCUT2D eigenvalue weighted by atomic mass is 16.5. The van der Waals surface area contributed by atoms with Gasteiger partial charge in [0, 0.05) is 6.07 Å². The number of amides is 2. The first-order valence-electron chi connectivity index (χ1n) is 7.73. The molecular weight excluding hydrogens is 340 g/mol. The van der Waals surface area contributed by atoms with Crippen molar-refractivity contribution < 1.29 is 23.8 Å². The topological polar surface area (TPSA) is 116 Å². The van der Waals surface area contributed by atoms with Crippen LogP contribution in [0.5, 0.6) is 17.2 Å². The Bertz CT molecular complexity index is 855. The lowest BCUT2D eigenvalue weighted by molar-refractivity contribution is -0.123. The zero-order valence-electron chi connectivity index (χ0n) is 14.3. The highest BCUT2D eigenvalue weighted by molar-refractivity contribution is 6.04. The molecule has 9 heteroatoms. The molecule has 1 aliphatic heterocycles. The molecule has 0 saturated carbocycles. The first-order chi connectivity index (χ1) is 12.5. The van der Waals surface area contributed by atoms with Gasteiger partial charge >= 0.3 is 0 Å². The van der Waals surface area contributed by atoms with Crippen molar-refractivity contribution in [2.24, 2.45) is 0 Å². The molecule has 0 atom stereocenters. The number of nitrogen functional groups attached to an aromatic ring is 1. The average molecular weight is 358 g/mol. The molecule has 0 radical (unpaired) electrons. The summed E-state index contributed by atoms with van der Waals surface area (Å²) in [5.74, 6) is 1.05. The van der Waals surface area contributed by atoms with E-state index >= 15 is 0 Å². The van der Waals surface area contributed by atoms with Gasteiger partial charge in [-0.1, -0.05) is 0 Å². The minimum atomic E-state index is -0.429. The average Bonchev–Trinajstić information content (AvgIpc) is 2.64. The van der Waals surface area contributed by atoms with Gasteiger partial charge in [-0.15, -0.1) is 0 Å². The SMILES string of the molecule is COc1ccc(OC)c(NC(=O)CN2C(=O)COc3ccc(N)nc32)c1. The number of benzene rings is 1. The molecule has 1 aromatic carbocycles. The van der Waals surface area contributed by atoms with Crippen LogP contribution in [0.1, 0.15) is 0 Å². The van der Waals surface area contributed by atoms with Crippen molar-refractivity contribution in [3.8, 4) is 17.2 Å². The Morgan fingerprint density at radius 3 is 2.85 bits per heavy atom. The molecule has 0 fully saturated rings. The molecule has 136 valence electrons. The van der Waals surface area contributed by atoms with Crippen molar-refractivity contribution >= 4 is 29.1 Å². The number of nitrogens with zero attached hydrogens (tertiary/aromatic N) is 2. The van der Waals surface area contributed by atoms with Crippen molar-refractivity contribution in [1.82, 2.24) is 4.98 Å². The molecule has 2 aromatic rings. The van der Waals surface area contributed by atoms with E-state index < -0.39 is 5.91 Å². The first-order valence-corrected chi connectivity index (χ1v) is 7.73. The van der Waals surface area contributed by atoms with Gasteiger partial charge in [0.1, 0.15) is 23.9 Å². The summed E-state index contributed by atoms with van der Waals surface area (Å²) in [6.07, 6.45) is 0. The van der Waals surface area contributed by atoms with Crippen LogP contribution in [-0.2, 0) is 9.59 Å². The minimum Gasteiger partial charge on any atom is -0.497 e. The molecule has 2 heterocycles. The van der Waals surface area contributed by atoms with Crippen LogP contribution in [-0.4, -0.2) is 44.2 Å². The molecule has 0 aliphatic carbocycles. The van der Waals surface area contributed by atoms with Crippen molar-refractivity contribution in [2.45, 2.75) is 0 Å². The predicted molar refractivity (Wildman–Crippen MR) is 94.7 cm³/mol. The van der Waals surface area contributed by atoms with Crippen LogP contribution in [0.15, 0.2) is 30.3 Å². The number of ether oxygens (including phenoxy) is 3. The van der Waals surface area contributed by atoms with E-state index in [-0.39, 0.29) is 30.7 Å². The van der Waals surface area contributed by atoms with Gasteiger partial charge in [0.25, 0.3) is 5.91 Å². The molecular formula is C17H18N4O5. The van der Waals surface area contributed by atoms with Gasteiger partial charge in [-0.25, -0.2) is 4.98 Å². The third-order valence-corrected chi connectivity index (χ3v) is 3.75. The summed E-state index contributed by atoms with van der Waals surface area (Å²) in [7, 11) is 3.01. The van der Waals surface area contributed by atoms with Gasteiger partial charge in [-0.2, -0.15) is 0 Å². The number of anilines is 3. The standard InChI is InChI=1S/C17H18N4O5/c1-24-10-3-4-12(25-2)11(7-10)19-15(22)8-21-16(23)9-26-13-5-6-14(18)20-17(13)21/h3-7H,8-9H2,1-2H3,(H2,18,20)(H,19,22). The summed E-state index contributed by atoms with van der Waals surface area (Å²) in [4.78, 5) is 30.0. The second kappa shape index (κ2) is 7.18. The zero-order chi connectivity index (χ0) is 18.7. The normalized spacial score (nSPS) is 12.8. The maximum Gasteiger partial charge on any atom is 0.266 e. The van der Waals surface area contributed by atoms with Crippen LogP contribution in [0.4, 0.5) is 17.3 Å². The Hall–Kier alpha value is -3.49. The third-order valence-electron chi connectivity index (χ3n) is 3.75. The van der Waals surface area contributed by atoms with Crippen molar-refractivity contribution in [1.29, 1.82) is 0 Å². The van der Waals surface area contributed by atoms with Crippen LogP contribution >= 0.6 is 0 Å². The Kier molecular flexibility index (Phi) is 4.78. The van der Waals surface area contributed by atoms with Crippen LogP contribution in [0.3, 0.4) is 0 Å². The van der Waals surface area contributed by atoms with Crippen molar-refractivity contribution in [3.05, 3.63) is 30.3 Å². The number of aromatic nitrogens is 1. The summed E-state index contributed by atoms with van der Waals surface area (Å²) in [5, 5.41) is 2.71. The fourth-order valence-corrected chi connectivity index (χ4v) is 2.50. The number of nitrogens with one attached hydrogen (secondary N) is 1. The lowest BCUT2D eigenvalue weighted by Gasteiger charge is -2.27. The molecule has 0 bridgehead atoms. The van der Waals surface area contributed by atoms with Crippen molar-refractivity contribution in [2.75, 3.05) is 43.3 Å². The number of carbonyl (C=O) groups excluding carboxylic acids is 2. The lowest BCUT2D eigenvalue weighted by atomic mass is 10.2. The Morgan fingerprint density at radius 2 is 2.12 bits per heavy atom. The number of nitrogens with two attached hydrogens (primary N) is 1. The second-order valence-corrected chi connectivity index (χ2v) is 5.44. The van der Waals surface area contributed by atoms with E-state index in [1.165, 1.54) is 19.1 Å². The minimum absolute atomic E-state index is 0.172. The molecule has 1 aromatic heterocycles. The third kappa shape index (κ3) is 3.46. The summed E-state index contributed by atoms with van der Waals surface area (Å²) >= 11 is 0. The molecule has 26 heavy (non-hydrogen) atoms. The maximum absolute atomic E-state index is 12.5. The largest absolute Gasteiger partial charge is 0.497 e. The van der Waals surface area contributed by atoms with Gasteiger partial charge < -0.3 is 25.3 Å². The first kappa shape index (κ1) is 17.3. The van der Waals surface area contributed by atoms with Gasteiger partial charge in [-0.05, 0) is 24.3 Å². The van der Waals surface area contributed by atoms with E-state index in [0.29, 0.717) is 22.9 Å². The van der Waals surface area contributed by atoms with E-state index in [1.54, 1.807) is 30.3 Å². The van der Waals surface area contributed by atoms with Gasteiger partial charge in [0.15, 0.2) is 18.2 Å². The number of carbonyl (C=O) groups is 2. The van der Waals surface area contributed by atoms with Crippen LogP contribution in [0.25, 0.3) is 0 Å². The number of methoxy groups -OCH3 is 2. The van der Waals surface area contributed by atoms with Gasteiger partial charge in [-0.3, -0.25) is 14.5 Å². The molecule has 0 saturated heterocycles. The quantitative estimate of drug-likeness (QED) is 0.820.